The number of amides is 1. The number of carbonyl (C=O) groups is 1. The Bertz CT molecular complexity index is 702. The molecular weight excluding hydrogens is 362 g/mol. The third-order valence-corrected chi connectivity index (χ3v) is 4.51. The van der Waals surface area contributed by atoms with E-state index < -0.39 is 16.4 Å². The lowest BCUT2D eigenvalue weighted by atomic mass is 10.1. The highest BCUT2D eigenvalue weighted by molar-refractivity contribution is 9.10. The maximum Gasteiger partial charge on any atom is 0.312 e. The molecule has 21 heavy (non-hydrogen) atoms. The molecule has 0 aliphatic carbocycles. The molecule has 0 atom stereocenters. The normalized spacial score (nSPS) is 18.8. The first-order valence-corrected chi connectivity index (χ1v) is 7.27. The number of phenols is 1. The second-order valence-corrected chi connectivity index (χ2v) is 5.97. The SMILES string of the molecule is CN=C1S/C(=C\c2cc(Br)c(O)c([N+](=O)[O-])c2)C(=O)N1C. The zero-order valence-corrected chi connectivity index (χ0v) is 13.4. The number of rotatable bonds is 2. The fourth-order valence-electron chi connectivity index (χ4n) is 1.73. The van der Waals surface area contributed by atoms with Crippen LogP contribution in [0.1, 0.15) is 5.56 Å². The van der Waals surface area contributed by atoms with Crippen molar-refractivity contribution in [3.05, 3.63) is 37.2 Å². The maximum atomic E-state index is 12.0. The first-order chi connectivity index (χ1) is 9.85. The lowest BCUT2D eigenvalue weighted by molar-refractivity contribution is -0.386. The van der Waals surface area contributed by atoms with Crippen LogP contribution in [0.2, 0.25) is 0 Å². The fourth-order valence-corrected chi connectivity index (χ4v) is 3.12. The van der Waals surface area contributed by atoms with Crippen molar-refractivity contribution < 1.29 is 14.8 Å². The standard InChI is InChI=1S/C12H10BrN3O4S/c1-14-12-15(2)11(18)9(21-12)5-6-3-7(13)10(17)8(4-6)16(19)20/h3-5,17H,1-2H3/b9-5-,14-12?. The Morgan fingerprint density at radius 3 is 2.71 bits per heavy atom. The smallest absolute Gasteiger partial charge is 0.312 e. The molecule has 1 N–H and O–H groups in total. The Kier molecular flexibility index (Phi) is 4.33. The Balaban J connectivity index is 2.47. The number of aromatic hydroxyl groups is 1. The van der Waals surface area contributed by atoms with Gasteiger partial charge in [-0.25, -0.2) is 0 Å². The minimum absolute atomic E-state index is 0.191. The van der Waals surface area contributed by atoms with Gasteiger partial charge in [-0.15, -0.1) is 0 Å². The third-order valence-electron chi connectivity index (χ3n) is 2.75. The van der Waals surface area contributed by atoms with Gasteiger partial charge in [0.1, 0.15) is 0 Å². The fraction of sp³-hybridized carbons (Fsp3) is 0.167. The van der Waals surface area contributed by atoms with Gasteiger partial charge in [0.2, 0.25) is 5.75 Å². The summed E-state index contributed by atoms with van der Waals surface area (Å²) < 4.78 is 0.191. The molecule has 0 bridgehead atoms. The number of phenolic OH excluding ortho intramolecular Hbond substituents is 1. The summed E-state index contributed by atoms with van der Waals surface area (Å²) in [6.45, 7) is 0. The Labute approximate surface area is 132 Å². The number of hydrogen-bond acceptors (Lipinski definition) is 6. The van der Waals surface area contributed by atoms with Gasteiger partial charge in [-0.3, -0.25) is 24.8 Å². The van der Waals surface area contributed by atoms with Gasteiger partial charge in [0, 0.05) is 20.2 Å². The number of halogens is 1. The lowest BCUT2D eigenvalue weighted by Crippen LogP contribution is -2.23. The number of amidine groups is 1. The molecule has 1 amide bonds. The molecule has 1 aliphatic rings. The molecule has 0 unspecified atom stereocenters. The first kappa shape index (κ1) is 15.5. The molecule has 1 aliphatic heterocycles. The summed E-state index contributed by atoms with van der Waals surface area (Å²) in [6, 6.07) is 2.71. The summed E-state index contributed by atoms with van der Waals surface area (Å²) in [5.41, 5.74) is 0.0115. The highest BCUT2D eigenvalue weighted by atomic mass is 79.9. The predicted octanol–water partition coefficient (Wildman–Crippen LogP) is 2.59. The number of thioether (sulfide) groups is 1. The van der Waals surface area contributed by atoms with Gasteiger partial charge in [0.15, 0.2) is 5.17 Å². The van der Waals surface area contributed by atoms with Gasteiger partial charge in [0.25, 0.3) is 5.91 Å². The van der Waals surface area contributed by atoms with E-state index in [9.17, 15) is 20.0 Å². The molecule has 0 spiro atoms. The van der Waals surface area contributed by atoms with Crippen LogP contribution in [-0.4, -0.2) is 40.1 Å². The minimum atomic E-state index is -0.684. The lowest BCUT2D eigenvalue weighted by Gasteiger charge is -2.05. The van der Waals surface area contributed by atoms with Crippen LogP contribution in [0.4, 0.5) is 5.69 Å². The summed E-state index contributed by atoms with van der Waals surface area (Å²) in [5.74, 6) is -0.673. The summed E-state index contributed by atoms with van der Waals surface area (Å²) in [7, 11) is 3.19. The molecule has 1 fully saturated rings. The summed E-state index contributed by atoms with van der Waals surface area (Å²) in [6.07, 6.45) is 1.53. The van der Waals surface area contributed by atoms with Crippen molar-refractivity contribution in [1.82, 2.24) is 4.90 Å². The molecule has 2 rings (SSSR count). The van der Waals surface area contributed by atoms with E-state index in [1.165, 1.54) is 34.9 Å². The Hall–Kier alpha value is -1.87. The number of carbonyl (C=O) groups excluding carboxylic acids is 1. The van der Waals surface area contributed by atoms with E-state index in [2.05, 4.69) is 20.9 Å². The summed E-state index contributed by atoms with van der Waals surface area (Å²) in [4.78, 5) is 28.0. The monoisotopic (exact) mass is 371 g/mol. The van der Waals surface area contributed by atoms with Crippen LogP contribution in [0, 0.1) is 10.1 Å². The van der Waals surface area contributed by atoms with Gasteiger partial charge < -0.3 is 5.11 Å². The first-order valence-electron chi connectivity index (χ1n) is 5.66. The molecule has 9 heteroatoms. The molecule has 110 valence electrons. The zero-order valence-electron chi connectivity index (χ0n) is 11.0. The number of nitrogens with zero attached hydrogens (tertiary/aromatic N) is 3. The minimum Gasteiger partial charge on any atom is -0.501 e. The van der Waals surface area contributed by atoms with E-state index in [1.54, 1.807) is 14.1 Å². The Morgan fingerprint density at radius 1 is 1.52 bits per heavy atom. The van der Waals surface area contributed by atoms with Gasteiger partial charge in [-0.2, -0.15) is 0 Å². The number of benzene rings is 1. The molecule has 0 aromatic heterocycles. The second-order valence-electron chi connectivity index (χ2n) is 4.11. The number of likely N-dealkylation sites (N-methyl/N-ethyl adjacent to an activating group) is 1. The number of aliphatic imine (C=N–C) groups is 1. The average Bonchev–Trinajstić information content (AvgIpc) is 2.70. The van der Waals surface area contributed by atoms with Gasteiger partial charge in [-0.1, -0.05) is 0 Å². The van der Waals surface area contributed by atoms with Crippen molar-refractivity contribution in [2.24, 2.45) is 4.99 Å². The van der Waals surface area contributed by atoms with Crippen LogP contribution in [-0.2, 0) is 4.79 Å². The zero-order chi connectivity index (χ0) is 15.7. The van der Waals surface area contributed by atoms with Gasteiger partial charge >= 0.3 is 5.69 Å². The quantitative estimate of drug-likeness (QED) is 0.489. The van der Waals surface area contributed by atoms with Crippen LogP contribution in [0.5, 0.6) is 5.75 Å². The molecule has 1 heterocycles. The van der Waals surface area contributed by atoms with Crippen molar-refractivity contribution in [3.8, 4) is 5.75 Å². The van der Waals surface area contributed by atoms with Crippen molar-refractivity contribution in [1.29, 1.82) is 0 Å². The second kappa shape index (κ2) is 5.86. The van der Waals surface area contributed by atoms with Gasteiger partial charge in [0.05, 0.1) is 14.3 Å². The van der Waals surface area contributed by atoms with Crippen LogP contribution in [0.3, 0.4) is 0 Å². The van der Waals surface area contributed by atoms with Crippen molar-refractivity contribution in [2.45, 2.75) is 0 Å². The van der Waals surface area contributed by atoms with Crippen LogP contribution >= 0.6 is 27.7 Å². The third kappa shape index (κ3) is 2.93. The van der Waals surface area contributed by atoms with E-state index in [0.717, 1.165) is 0 Å². The molecule has 0 radical (unpaired) electrons. The van der Waals surface area contributed by atoms with Gasteiger partial charge in [-0.05, 0) is 45.4 Å². The largest absolute Gasteiger partial charge is 0.501 e. The molecular formula is C12H10BrN3O4S. The van der Waals surface area contributed by atoms with Crippen molar-refractivity contribution >= 4 is 50.5 Å². The van der Waals surface area contributed by atoms with Crippen LogP contribution in [0.15, 0.2) is 26.5 Å². The van der Waals surface area contributed by atoms with E-state index >= 15 is 0 Å². The van der Waals surface area contributed by atoms with Crippen LogP contribution < -0.4 is 0 Å². The summed E-state index contributed by atoms with van der Waals surface area (Å²) in [5, 5.41) is 21.1. The highest BCUT2D eigenvalue weighted by Crippen LogP contribution is 2.37. The van der Waals surface area contributed by atoms with Crippen molar-refractivity contribution in [3.63, 3.8) is 0 Å². The average molecular weight is 372 g/mol. The van der Waals surface area contributed by atoms with E-state index in [-0.39, 0.29) is 10.4 Å². The van der Waals surface area contributed by atoms with E-state index in [0.29, 0.717) is 15.6 Å². The topological polar surface area (TPSA) is 96.0 Å². The summed E-state index contributed by atoms with van der Waals surface area (Å²) >= 11 is 4.24. The predicted molar refractivity (Wildman–Crippen MR) is 84.2 cm³/mol. The Morgan fingerprint density at radius 2 is 2.19 bits per heavy atom. The molecule has 0 saturated carbocycles. The van der Waals surface area contributed by atoms with Crippen molar-refractivity contribution in [2.75, 3.05) is 14.1 Å². The number of hydrogen-bond donors (Lipinski definition) is 1. The van der Waals surface area contributed by atoms with Crippen LogP contribution in [0.25, 0.3) is 6.08 Å². The number of nitro groups is 1. The molecule has 1 aromatic carbocycles. The molecule has 7 nitrogen and oxygen atoms in total. The van der Waals surface area contributed by atoms with E-state index in [4.69, 9.17) is 0 Å². The number of nitro benzene ring substituents is 1. The molecule has 1 saturated heterocycles. The molecule has 1 aromatic rings. The maximum absolute atomic E-state index is 12.0. The highest BCUT2D eigenvalue weighted by Gasteiger charge is 2.30. The van der Waals surface area contributed by atoms with E-state index in [1.807, 2.05) is 0 Å².